The van der Waals surface area contributed by atoms with Crippen molar-refractivity contribution in [2.75, 3.05) is 6.54 Å². The number of hydrogen-bond acceptors (Lipinski definition) is 5. The Hall–Kier alpha value is -3.04. The summed E-state index contributed by atoms with van der Waals surface area (Å²) in [5.41, 5.74) is 4.09. The van der Waals surface area contributed by atoms with Gasteiger partial charge in [0.25, 0.3) is 0 Å². The molecule has 0 bridgehead atoms. The minimum Gasteiger partial charge on any atom is -0.444 e. The molecule has 1 aliphatic carbocycles. The summed E-state index contributed by atoms with van der Waals surface area (Å²) >= 11 is 0. The number of aryl methyl sites for hydroxylation is 2. The van der Waals surface area contributed by atoms with Crippen molar-refractivity contribution in [1.82, 2.24) is 9.71 Å². The fourth-order valence-electron chi connectivity index (χ4n) is 3.49. The van der Waals surface area contributed by atoms with Gasteiger partial charge in [-0.2, -0.15) is 8.78 Å². The van der Waals surface area contributed by atoms with Crippen molar-refractivity contribution < 1.29 is 26.4 Å². The smallest absolute Gasteiger partial charge is 0.387 e. The van der Waals surface area contributed by atoms with Crippen molar-refractivity contribution in [3.63, 3.8) is 0 Å². The first-order valence-electron chi connectivity index (χ1n) is 10.1. The number of oxazole rings is 1. The van der Waals surface area contributed by atoms with Crippen molar-refractivity contribution in [3.8, 4) is 17.2 Å². The summed E-state index contributed by atoms with van der Waals surface area (Å²) in [5.74, 6) is 0.554. The van der Waals surface area contributed by atoms with Gasteiger partial charge in [-0.1, -0.05) is 23.8 Å². The second-order valence-electron chi connectivity index (χ2n) is 7.51. The van der Waals surface area contributed by atoms with Gasteiger partial charge in [0, 0.05) is 18.5 Å². The van der Waals surface area contributed by atoms with Crippen LogP contribution in [0.2, 0.25) is 0 Å². The van der Waals surface area contributed by atoms with Crippen molar-refractivity contribution in [3.05, 3.63) is 76.0 Å². The highest BCUT2D eigenvalue weighted by molar-refractivity contribution is 7.93. The molecule has 1 aromatic heterocycles. The van der Waals surface area contributed by atoms with E-state index in [-0.39, 0.29) is 23.6 Å². The Morgan fingerprint density at radius 2 is 1.94 bits per heavy atom. The number of fused-ring (bicyclic) bond motifs is 1. The zero-order valence-corrected chi connectivity index (χ0v) is 18.2. The van der Waals surface area contributed by atoms with Gasteiger partial charge in [0.2, 0.25) is 15.9 Å². The molecule has 6 nitrogen and oxygen atoms in total. The Labute approximate surface area is 185 Å². The van der Waals surface area contributed by atoms with Gasteiger partial charge in [-0.25, -0.2) is 18.1 Å². The minimum absolute atomic E-state index is 0.0641. The van der Waals surface area contributed by atoms with E-state index in [1.54, 1.807) is 12.1 Å². The van der Waals surface area contributed by atoms with E-state index in [1.807, 2.05) is 31.2 Å². The molecule has 0 atom stereocenters. The van der Waals surface area contributed by atoms with Crippen LogP contribution in [0, 0.1) is 6.92 Å². The topological polar surface area (TPSA) is 81.4 Å². The van der Waals surface area contributed by atoms with E-state index >= 15 is 0 Å². The van der Waals surface area contributed by atoms with Crippen molar-refractivity contribution >= 4 is 16.1 Å². The molecule has 2 aromatic carbocycles. The van der Waals surface area contributed by atoms with Crippen molar-refractivity contribution in [1.29, 1.82) is 0 Å². The molecule has 1 aliphatic rings. The van der Waals surface area contributed by atoms with Crippen LogP contribution in [0.4, 0.5) is 8.78 Å². The molecule has 0 radical (unpaired) electrons. The Bertz CT molecular complexity index is 1240. The van der Waals surface area contributed by atoms with Crippen LogP contribution < -0.4 is 9.46 Å². The van der Waals surface area contributed by atoms with Crippen LogP contribution in [-0.2, 0) is 22.9 Å². The summed E-state index contributed by atoms with van der Waals surface area (Å²) in [4.78, 5) is 4.68. The maximum atomic E-state index is 12.7. The molecular formula is C23H22F2N2O4S. The van der Waals surface area contributed by atoms with Gasteiger partial charge in [-0.3, -0.25) is 0 Å². The van der Waals surface area contributed by atoms with E-state index in [4.69, 9.17) is 4.42 Å². The fourth-order valence-corrected chi connectivity index (χ4v) is 4.70. The van der Waals surface area contributed by atoms with Gasteiger partial charge in [-0.05, 0) is 61.2 Å². The van der Waals surface area contributed by atoms with E-state index in [0.717, 1.165) is 16.7 Å². The number of nitrogens with zero attached hydrogens (tertiary/aromatic N) is 1. The van der Waals surface area contributed by atoms with Crippen LogP contribution in [0.1, 0.15) is 28.8 Å². The maximum absolute atomic E-state index is 12.7. The van der Waals surface area contributed by atoms with E-state index < -0.39 is 16.6 Å². The van der Waals surface area contributed by atoms with Gasteiger partial charge < -0.3 is 9.15 Å². The second kappa shape index (κ2) is 9.22. The van der Waals surface area contributed by atoms with Crippen LogP contribution in [0.15, 0.2) is 58.1 Å². The molecule has 168 valence electrons. The summed E-state index contributed by atoms with van der Waals surface area (Å²) in [6, 6.07) is 12.3. The molecule has 9 heteroatoms. The van der Waals surface area contributed by atoms with Crippen LogP contribution in [0.25, 0.3) is 17.5 Å². The molecule has 0 aliphatic heterocycles. The Kier molecular flexibility index (Phi) is 6.38. The highest BCUT2D eigenvalue weighted by atomic mass is 32.2. The molecule has 0 saturated heterocycles. The summed E-state index contributed by atoms with van der Waals surface area (Å²) in [6.07, 6.45) is 4.18. The largest absolute Gasteiger partial charge is 0.444 e. The number of nitrogens with one attached hydrogen (secondary N) is 1. The zero-order chi connectivity index (χ0) is 22.7. The Balaban J connectivity index is 1.38. The first-order valence-corrected chi connectivity index (χ1v) is 11.6. The zero-order valence-electron chi connectivity index (χ0n) is 17.3. The third-order valence-electron chi connectivity index (χ3n) is 5.17. The average Bonchev–Trinajstić information content (AvgIpc) is 3.22. The highest BCUT2D eigenvalue weighted by Gasteiger charge is 2.22. The number of rotatable bonds is 8. The predicted octanol–water partition coefficient (Wildman–Crippen LogP) is 4.70. The van der Waals surface area contributed by atoms with Crippen LogP contribution >= 0.6 is 0 Å². The monoisotopic (exact) mass is 460 g/mol. The molecule has 0 spiro atoms. The van der Waals surface area contributed by atoms with Crippen molar-refractivity contribution in [2.24, 2.45) is 0 Å². The summed E-state index contributed by atoms with van der Waals surface area (Å²) in [5, 5.41) is 0. The molecule has 1 N–H and O–H groups in total. The molecule has 3 aromatic rings. The van der Waals surface area contributed by atoms with Crippen LogP contribution in [0.3, 0.4) is 0 Å². The van der Waals surface area contributed by atoms with Crippen molar-refractivity contribution in [2.45, 2.75) is 32.8 Å². The number of aromatic nitrogens is 1. The second-order valence-corrected chi connectivity index (χ2v) is 9.33. The lowest BCUT2D eigenvalue weighted by molar-refractivity contribution is -0.0498. The SMILES string of the molecule is Cc1ccc(-c2nc(CCNS(=O)(=O)C3=Cc4ccc(OC(F)F)cc4CC3)co2)cc1. The average molecular weight is 461 g/mol. The van der Waals surface area contributed by atoms with Crippen LogP contribution in [0.5, 0.6) is 5.75 Å². The number of allylic oxidation sites excluding steroid dienone is 1. The third kappa shape index (κ3) is 5.23. The normalized spacial score (nSPS) is 13.7. The first-order chi connectivity index (χ1) is 15.3. The molecule has 0 fully saturated rings. The standard InChI is InChI=1S/C23H22F2N2O4S/c1-15-2-4-16(5-3-15)22-27-19(14-30-22)10-11-26-32(28,29)21-9-7-17-12-20(31-23(24)25)8-6-18(17)13-21/h2-6,8,12-14,23,26H,7,9-11H2,1H3. The lowest BCUT2D eigenvalue weighted by atomic mass is 9.97. The maximum Gasteiger partial charge on any atom is 0.387 e. The van der Waals surface area contributed by atoms with Gasteiger partial charge in [-0.15, -0.1) is 0 Å². The van der Waals surface area contributed by atoms with Gasteiger partial charge in [0.1, 0.15) is 12.0 Å². The number of halogens is 2. The first kappa shape index (κ1) is 22.2. The Morgan fingerprint density at radius 1 is 1.16 bits per heavy atom. The lowest BCUT2D eigenvalue weighted by Crippen LogP contribution is -2.28. The van der Waals surface area contributed by atoms with E-state index in [0.29, 0.717) is 30.0 Å². The van der Waals surface area contributed by atoms with E-state index in [1.165, 1.54) is 18.4 Å². The summed E-state index contributed by atoms with van der Waals surface area (Å²) < 4.78 is 62.7. The number of hydrogen-bond donors (Lipinski definition) is 1. The molecule has 0 amide bonds. The quantitative estimate of drug-likeness (QED) is 0.527. The molecule has 32 heavy (non-hydrogen) atoms. The summed E-state index contributed by atoms with van der Waals surface area (Å²) in [6.45, 7) is -0.728. The van der Waals surface area contributed by atoms with Gasteiger partial charge in [0.05, 0.1) is 10.6 Å². The van der Waals surface area contributed by atoms with Crippen LogP contribution in [-0.4, -0.2) is 26.6 Å². The molecule has 0 saturated carbocycles. The molecular weight excluding hydrogens is 438 g/mol. The summed E-state index contributed by atoms with van der Waals surface area (Å²) in [7, 11) is -3.67. The number of alkyl halides is 2. The van der Waals surface area contributed by atoms with E-state index in [9.17, 15) is 17.2 Å². The molecule has 4 rings (SSSR count). The number of sulfonamides is 1. The highest BCUT2D eigenvalue weighted by Crippen LogP contribution is 2.30. The molecule has 0 unspecified atom stereocenters. The molecule has 1 heterocycles. The van der Waals surface area contributed by atoms with Gasteiger partial charge in [0.15, 0.2) is 0 Å². The van der Waals surface area contributed by atoms with E-state index in [2.05, 4.69) is 14.4 Å². The Morgan fingerprint density at radius 3 is 2.69 bits per heavy atom. The minimum atomic E-state index is -3.67. The predicted molar refractivity (Wildman–Crippen MR) is 117 cm³/mol. The third-order valence-corrected chi connectivity index (χ3v) is 6.76. The fraction of sp³-hybridized carbons (Fsp3) is 0.261. The van der Waals surface area contributed by atoms with Gasteiger partial charge >= 0.3 is 6.61 Å². The number of benzene rings is 2. The lowest BCUT2D eigenvalue weighted by Gasteiger charge is -2.18. The number of ether oxygens (including phenoxy) is 1.